The molecule has 0 aliphatic rings. The van der Waals surface area contributed by atoms with Gasteiger partial charge in [-0.25, -0.2) is 4.79 Å². The summed E-state index contributed by atoms with van der Waals surface area (Å²) in [5, 5.41) is 5.01. The number of pyridine rings is 1. The van der Waals surface area contributed by atoms with Gasteiger partial charge in [0.1, 0.15) is 0 Å². The minimum absolute atomic E-state index is 0.238. The monoisotopic (exact) mass is 151 g/mol. The van der Waals surface area contributed by atoms with Crippen LogP contribution < -0.4 is 10.6 Å². The number of rotatable bonds is 1. The van der Waals surface area contributed by atoms with Gasteiger partial charge in [-0.3, -0.25) is 4.98 Å². The van der Waals surface area contributed by atoms with E-state index in [1.54, 1.807) is 31.6 Å². The van der Waals surface area contributed by atoms with Gasteiger partial charge in [-0.15, -0.1) is 0 Å². The molecule has 58 valence electrons. The standard InChI is InChI=1S/C7H9N3O/c1-8-7(11)10-6-3-2-4-9-5-6/h2-5H,1H3,(H2,8,10,11). The number of anilines is 1. The molecule has 1 heterocycles. The van der Waals surface area contributed by atoms with E-state index in [-0.39, 0.29) is 6.03 Å². The molecule has 0 bridgehead atoms. The fraction of sp³-hybridized carbons (Fsp3) is 0.143. The predicted octanol–water partition coefficient (Wildman–Crippen LogP) is 0.833. The highest BCUT2D eigenvalue weighted by Gasteiger charge is 1.95. The number of amides is 2. The number of nitrogens with one attached hydrogen (secondary N) is 2. The van der Waals surface area contributed by atoms with Crippen molar-refractivity contribution < 1.29 is 4.79 Å². The Kier molecular flexibility index (Phi) is 2.43. The van der Waals surface area contributed by atoms with Gasteiger partial charge in [-0.1, -0.05) is 0 Å². The van der Waals surface area contributed by atoms with Crippen LogP contribution in [0.25, 0.3) is 0 Å². The largest absolute Gasteiger partial charge is 0.341 e. The van der Waals surface area contributed by atoms with Crippen molar-refractivity contribution in [3.63, 3.8) is 0 Å². The van der Waals surface area contributed by atoms with E-state index in [0.717, 1.165) is 0 Å². The predicted molar refractivity (Wildman–Crippen MR) is 42.3 cm³/mol. The molecule has 4 heteroatoms. The molecule has 0 unspecified atom stereocenters. The second kappa shape index (κ2) is 3.55. The van der Waals surface area contributed by atoms with Gasteiger partial charge in [0.2, 0.25) is 0 Å². The Bertz CT molecular complexity index is 235. The maximum atomic E-state index is 10.7. The van der Waals surface area contributed by atoms with E-state index in [1.165, 1.54) is 0 Å². The number of hydrogen-bond donors (Lipinski definition) is 2. The van der Waals surface area contributed by atoms with Crippen molar-refractivity contribution in [1.29, 1.82) is 0 Å². The van der Waals surface area contributed by atoms with E-state index in [1.807, 2.05) is 0 Å². The van der Waals surface area contributed by atoms with Crippen molar-refractivity contribution in [2.24, 2.45) is 0 Å². The van der Waals surface area contributed by atoms with Crippen molar-refractivity contribution in [3.8, 4) is 0 Å². The molecule has 4 nitrogen and oxygen atoms in total. The van der Waals surface area contributed by atoms with Crippen LogP contribution >= 0.6 is 0 Å². The first kappa shape index (κ1) is 7.53. The van der Waals surface area contributed by atoms with Gasteiger partial charge in [0, 0.05) is 13.2 Å². The molecule has 0 radical (unpaired) electrons. The van der Waals surface area contributed by atoms with Crippen molar-refractivity contribution >= 4 is 11.7 Å². The molecule has 0 saturated heterocycles. The first-order chi connectivity index (χ1) is 5.33. The summed E-state index contributed by atoms with van der Waals surface area (Å²) in [5.74, 6) is 0. The lowest BCUT2D eigenvalue weighted by atomic mass is 10.4. The molecule has 0 spiro atoms. The lowest BCUT2D eigenvalue weighted by Crippen LogP contribution is -2.24. The van der Waals surface area contributed by atoms with Crippen LogP contribution in [0.5, 0.6) is 0 Å². The van der Waals surface area contributed by atoms with Crippen molar-refractivity contribution in [3.05, 3.63) is 24.5 Å². The Labute approximate surface area is 64.6 Å². The molecule has 0 aliphatic carbocycles. The zero-order chi connectivity index (χ0) is 8.10. The Balaban J connectivity index is 2.58. The molecule has 1 aromatic rings. The Morgan fingerprint density at radius 2 is 2.45 bits per heavy atom. The van der Waals surface area contributed by atoms with Crippen LogP contribution in [0.1, 0.15) is 0 Å². The molecule has 1 aromatic heterocycles. The zero-order valence-corrected chi connectivity index (χ0v) is 6.16. The van der Waals surface area contributed by atoms with E-state index in [2.05, 4.69) is 15.6 Å². The molecule has 0 aliphatic heterocycles. The van der Waals surface area contributed by atoms with Gasteiger partial charge in [-0.2, -0.15) is 0 Å². The topological polar surface area (TPSA) is 54.0 Å². The summed E-state index contributed by atoms with van der Waals surface area (Å²) < 4.78 is 0. The Morgan fingerprint density at radius 3 is 3.00 bits per heavy atom. The van der Waals surface area contributed by atoms with Crippen LogP contribution in [-0.2, 0) is 0 Å². The molecular weight excluding hydrogens is 142 g/mol. The number of carbonyl (C=O) groups excluding carboxylic acids is 1. The summed E-state index contributed by atoms with van der Waals surface area (Å²) >= 11 is 0. The van der Waals surface area contributed by atoms with Gasteiger partial charge in [0.25, 0.3) is 0 Å². The molecule has 2 amide bonds. The molecular formula is C7H9N3O. The van der Waals surface area contributed by atoms with Crippen molar-refractivity contribution in [2.45, 2.75) is 0 Å². The average molecular weight is 151 g/mol. The summed E-state index contributed by atoms with van der Waals surface area (Å²) in [4.78, 5) is 14.6. The highest BCUT2D eigenvalue weighted by molar-refractivity contribution is 5.88. The molecule has 0 aromatic carbocycles. The third-order valence-corrected chi connectivity index (χ3v) is 1.15. The van der Waals surface area contributed by atoms with Gasteiger partial charge in [0.15, 0.2) is 0 Å². The van der Waals surface area contributed by atoms with Crippen LogP contribution in [0, 0.1) is 0 Å². The second-order valence-electron chi connectivity index (χ2n) is 1.95. The summed E-state index contributed by atoms with van der Waals surface area (Å²) in [5.41, 5.74) is 0.687. The lowest BCUT2D eigenvalue weighted by molar-refractivity contribution is 0.254. The van der Waals surface area contributed by atoms with Gasteiger partial charge < -0.3 is 10.6 Å². The summed E-state index contributed by atoms with van der Waals surface area (Å²) in [6.45, 7) is 0. The SMILES string of the molecule is CNC(=O)Nc1cccnc1. The minimum Gasteiger partial charge on any atom is -0.341 e. The van der Waals surface area contributed by atoms with Crippen LogP contribution in [0.3, 0.4) is 0 Å². The van der Waals surface area contributed by atoms with E-state index < -0.39 is 0 Å². The molecule has 11 heavy (non-hydrogen) atoms. The van der Waals surface area contributed by atoms with Crippen molar-refractivity contribution in [1.82, 2.24) is 10.3 Å². The maximum absolute atomic E-state index is 10.7. The highest BCUT2D eigenvalue weighted by atomic mass is 16.2. The summed E-state index contributed by atoms with van der Waals surface area (Å²) in [7, 11) is 1.56. The van der Waals surface area contributed by atoms with E-state index in [9.17, 15) is 4.79 Å². The quantitative estimate of drug-likeness (QED) is 0.624. The number of urea groups is 1. The number of nitrogens with zero attached hydrogens (tertiary/aromatic N) is 1. The number of aromatic nitrogens is 1. The maximum Gasteiger partial charge on any atom is 0.319 e. The summed E-state index contributed by atoms with van der Waals surface area (Å²) in [6.07, 6.45) is 3.23. The molecule has 0 fully saturated rings. The fourth-order valence-corrected chi connectivity index (χ4v) is 0.630. The second-order valence-corrected chi connectivity index (χ2v) is 1.95. The van der Waals surface area contributed by atoms with Crippen molar-refractivity contribution in [2.75, 3.05) is 12.4 Å². The Hall–Kier alpha value is -1.58. The normalized spacial score (nSPS) is 8.82. The lowest BCUT2D eigenvalue weighted by Gasteiger charge is -2.01. The average Bonchev–Trinajstić information content (AvgIpc) is 2.06. The van der Waals surface area contributed by atoms with Crippen LogP contribution in [-0.4, -0.2) is 18.1 Å². The van der Waals surface area contributed by atoms with E-state index in [0.29, 0.717) is 5.69 Å². The molecule has 0 atom stereocenters. The van der Waals surface area contributed by atoms with E-state index in [4.69, 9.17) is 0 Å². The van der Waals surface area contributed by atoms with E-state index >= 15 is 0 Å². The number of hydrogen-bond acceptors (Lipinski definition) is 2. The minimum atomic E-state index is -0.238. The Morgan fingerprint density at radius 1 is 1.64 bits per heavy atom. The van der Waals surface area contributed by atoms with Crippen LogP contribution in [0.2, 0.25) is 0 Å². The van der Waals surface area contributed by atoms with Gasteiger partial charge >= 0.3 is 6.03 Å². The fourth-order valence-electron chi connectivity index (χ4n) is 0.630. The third-order valence-electron chi connectivity index (χ3n) is 1.15. The molecule has 1 rings (SSSR count). The summed E-state index contributed by atoms with van der Waals surface area (Å²) in [6, 6.07) is 3.28. The first-order valence-electron chi connectivity index (χ1n) is 3.21. The first-order valence-corrected chi connectivity index (χ1v) is 3.21. The highest BCUT2D eigenvalue weighted by Crippen LogP contribution is 2.00. The molecule has 0 saturated carbocycles. The molecule has 2 N–H and O–H groups in total. The van der Waals surface area contributed by atoms with Gasteiger partial charge in [0.05, 0.1) is 11.9 Å². The zero-order valence-electron chi connectivity index (χ0n) is 6.16. The van der Waals surface area contributed by atoms with Gasteiger partial charge in [-0.05, 0) is 12.1 Å². The number of carbonyl (C=O) groups is 1. The van der Waals surface area contributed by atoms with Crippen LogP contribution in [0.4, 0.5) is 10.5 Å². The van der Waals surface area contributed by atoms with Crippen LogP contribution in [0.15, 0.2) is 24.5 Å². The third kappa shape index (κ3) is 2.25. The smallest absolute Gasteiger partial charge is 0.319 e.